The van der Waals surface area contributed by atoms with Gasteiger partial charge in [-0.15, -0.1) is 0 Å². The molecule has 0 radical (unpaired) electrons. The normalized spacial score (nSPS) is 12.7. The number of nitro groups is 1. The molecule has 0 saturated heterocycles. The van der Waals surface area contributed by atoms with Gasteiger partial charge in [-0.3, -0.25) is 10.1 Å². The molecule has 0 aliphatic heterocycles. The Balaban J connectivity index is 3.20. The van der Waals surface area contributed by atoms with E-state index in [2.05, 4.69) is 4.72 Å². The van der Waals surface area contributed by atoms with Crippen LogP contribution in [0.3, 0.4) is 0 Å². The number of nitrogens with zero attached hydrogens (tertiary/aromatic N) is 2. The Morgan fingerprint density at radius 2 is 2.21 bits per heavy atom. The van der Waals surface area contributed by atoms with Crippen molar-refractivity contribution in [1.82, 2.24) is 4.72 Å². The predicted octanol–water partition coefficient (Wildman–Crippen LogP) is 1.31. The molecule has 0 heterocycles. The van der Waals surface area contributed by atoms with Crippen molar-refractivity contribution in [3.63, 3.8) is 0 Å². The van der Waals surface area contributed by atoms with Crippen molar-refractivity contribution in [1.29, 1.82) is 5.26 Å². The van der Waals surface area contributed by atoms with Crippen molar-refractivity contribution in [2.75, 3.05) is 0 Å². The first-order valence-electron chi connectivity index (χ1n) is 5.17. The van der Waals surface area contributed by atoms with E-state index in [9.17, 15) is 22.9 Å². The molecular weight excluding hydrogens is 277 g/mol. The number of hydrogen-bond acceptors (Lipinski definition) is 5. The van der Waals surface area contributed by atoms with Crippen LogP contribution in [-0.4, -0.2) is 19.4 Å². The van der Waals surface area contributed by atoms with E-state index in [1.807, 2.05) is 0 Å². The fourth-order valence-corrected chi connectivity index (χ4v) is 2.50. The molecule has 0 spiro atoms. The highest BCUT2D eigenvalue weighted by molar-refractivity contribution is 7.89. The minimum absolute atomic E-state index is 0.235. The third-order valence-electron chi connectivity index (χ3n) is 2.29. The second kappa shape index (κ2) is 5.73. The fourth-order valence-electron chi connectivity index (χ4n) is 1.26. The molecule has 9 heteroatoms. The molecule has 0 saturated carbocycles. The Bertz CT molecular complexity index is 639. The zero-order chi connectivity index (χ0) is 14.6. The number of rotatable bonds is 5. The molecule has 1 aromatic carbocycles. The van der Waals surface area contributed by atoms with Crippen LogP contribution in [0, 0.1) is 27.3 Å². The summed E-state index contributed by atoms with van der Waals surface area (Å²) in [6.45, 7) is 1.60. The second-order valence-electron chi connectivity index (χ2n) is 3.58. The summed E-state index contributed by atoms with van der Waals surface area (Å²) in [6.07, 6.45) is 0.235. The van der Waals surface area contributed by atoms with Gasteiger partial charge in [-0.05, 0) is 18.6 Å². The number of halogens is 1. The Labute approximate surface area is 108 Å². The second-order valence-corrected chi connectivity index (χ2v) is 5.30. The minimum Gasteiger partial charge on any atom is -0.258 e. The standard InChI is InChI=1S/C10H10FN3O4S/c1-2-7(6-12)13-19(17,18)8-3-4-9(11)10(5-8)14(15)16/h3-5,7,13H,2H2,1H3. The summed E-state index contributed by atoms with van der Waals surface area (Å²) >= 11 is 0. The molecule has 0 aliphatic rings. The van der Waals surface area contributed by atoms with Gasteiger partial charge in [0.2, 0.25) is 15.8 Å². The van der Waals surface area contributed by atoms with E-state index in [0.29, 0.717) is 12.1 Å². The van der Waals surface area contributed by atoms with Crippen molar-refractivity contribution < 1.29 is 17.7 Å². The molecule has 1 aromatic rings. The summed E-state index contributed by atoms with van der Waals surface area (Å²) in [7, 11) is -4.10. The van der Waals surface area contributed by atoms with Crippen LogP contribution in [0.1, 0.15) is 13.3 Å². The lowest BCUT2D eigenvalue weighted by Gasteiger charge is -2.09. The first-order chi connectivity index (χ1) is 8.81. The van der Waals surface area contributed by atoms with Gasteiger partial charge in [0.25, 0.3) is 0 Å². The topological polar surface area (TPSA) is 113 Å². The van der Waals surface area contributed by atoms with E-state index < -0.39 is 37.4 Å². The molecule has 0 fully saturated rings. The fraction of sp³-hybridized carbons (Fsp3) is 0.300. The van der Waals surface area contributed by atoms with Crippen molar-refractivity contribution >= 4 is 15.7 Å². The average Bonchev–Trinajstić information content (AvgIpc) is 2.35. The zero-order valence-corrected chi connectivity index (χ0v) is 10.6. The summed E-state index contributed by atoms with van der Waals surface area (Å²) in [5.74, 6) is -1.13. The average molecular weight is 287 g/mol. The Hall–Kier alpha value is -2.05. The maximum atomic E-state index is 13.1. The van der Waals surface area contributed by atoms with Crippen LogP contribution in [0.4, 0.5) is 10.1 Å². The lowest BCUT2D eigenvalue weighted by molar-refractivity contribution is -0.387. The number of benzene rings is 1. The summed E-state index contributed by atoms with van der Waals surface area (Å²) in [4.78, 5) is 9.05. The number of nitrogens with one attached hydrogen (secondary N) is 1. The Morgan fingerprint density at radius 3 is 2.68 bits per heavy atom. The molecule has 0 amide bonds. The SMILES string of the molecule is CCC(C#N)NS(=O)(=O)c1ccc(F)c([N+](=O)[O-])c1. The lowest BCUT2D eigenvalue weighted by atomic mass is 10.3. The molecular formula is C10H10FN3O4S. The zero-order valence-electron chi connectivity index (χ0n) is 9.83. The van der Waals surface area contributed by atoms with Crippen LogP contribution in [0.5, 0.6) is 0 Å². The van der Waals surface area contributed by atoms with Crippen LogP contribution in [0.25, 0.3) is 0 Å². The molecule has 1 rings (SSSR count). The molecule has 1 unspecified atom stereocenters. The van der Waals surface area contributed by atoms with E-state index in [1.54, 1.807) is 13.0 Å². The van der Waals surface area contributed by atoms with Gasteiger partial charge in [0, 0.05) is 6.07 Å². The summed E-state index contributed by atoms with van der Waals surface area (Å²) in [6, 6.07) is 2.98. The smallest absolute Gasteiger partial charge is 0.258 e. The summed E-state index contributed by atoms with van der Waals surface area (Å²) < 4.78 is 38.8. The van der Waals surface area contributed by atoms with Crippen molar-refractivity contribution in [3.05, 3.63) is 34.1 Å². The van der Waals surface area contributed by atoms with E-state index in [0.717, 1.165) is 6.07 Å². The molecule has 1 N–H and O–H groups in total. The first-order valence-corrected chi connectivity index (χ1v) is 6.66. The van der Waals surface area contributed by atoms with E-state index >= 15 is 0 Å². The van der Waals surface area contributed by atoms with Crippen LogP contribution in [0.15, 0.2) is 23.1 Å². The number of hydrogen-bond donors (Lipinski definition) is 1. The Morgan fingerprint density at radius 1 is 1.58 bits per heavy atom. The maximum Gasteiger partial charge on any atom is 0.306 e. The van der Waals surface area contributed by atoms with E-state index in [4.69, 9.17) is 5.26 Å². The number of sulfonamides is 1. The van der Waals surface area contributed by atoms with Crippen LogP contribution < -0.4 is 4.72 Å². The van der Waals surface area contributed by atoms with Gasteiger partial charge in [-0.2, -0.15) is 14.4 Å². The third kappa shape index (κ3) is 3.46. The van der Waals surface area contributed by atoms with Gasteiger partial charge in [-0.1, -0.05) is 6.92 Å². The van der Waals surface area contributed by atoms with Crippen LogP contribution in [-0.2, 0) is 10.0 Å². The molecule has 1 atom stereocenters. The molecule has 19 heavy (non-hydrogen) atoms. The minimum atomic E-state index is -4.10. The molecule has 0 aromatic heterocycles. The van der Waals surface area contributed by atoms with E-state index in [1.165, 1.54) is 0 Å². The monoisotopic (exact) mass is 287 g/mol. The van der Waals surface area contributed by atoms with Crippen molar-refractivity contribution in [2.45, 2.75) is 24.3 Å². The van der Waals surface area contributed by atoms with Crippen molar-refractivity contribution in [2.24, 2.45) is 0 Å². The molecule has 0 aliphatic carbocycles. The largest absolute Gasteiger partial charge is 0.306 e. The lowest BCUT2D eigenvalue weighted by Crippen LogP contribution is -2.33. The Kier molecular flexibility index (Phi) is 4.52. The third-order valence-corrected chi connectivity index (χ3v) is 3.76. The van der Waals surface area contributed by atoms with Gasteiger partial charge in [0.15, 0.2) is 0 Å². The summed E-state index contributed by atoms with van der Waals surface area (Å²) in [5, 5.41) is 19.2. The number of nitriles is 1. The van der Waals surface area contributed by atoms with Crippen LogP contribution in [0.2, 0.25) is 0 Å². The molecule has 7 nitrogen and oxygen atoms in total. The summed E-state index contributed by atoms with van der Waals surface area (Å²) in [5.41, 5.74) is -0.937. The van der Waals surface area contributed by atoms with Gasteiger partial charge in [-0.25, -0.2) is 8.42 Å². The molecule has 0 bridgehead atoms. The quantitative estimate of drug-likeness (QED) is 0.648. The molecule has 102 valence electrons. The van der Waals surface area contributed by atoms with Gasteiger partial charge in [0.1, 0.15) is 6.04 Å². The van der Waals surface area contributed by atoms with Crippen LogP contribution >= 0.6 is 0 Å². The van der Waals surface area contributed by atoms with Gasteiger partial charge in [0.05, 0.1) is 15.9 Å². The highest BCUT2D eigenvalue weighted by atomic mass is 32.2. The predicted molar refractivity (Wildman–Crippen MR) is 63.1 cm³/mol. The maximum absolute atomic E-state index is 13.1. The van der Waals surface area contributed by atoms with Gasteiger partial charge < -0.3 is 0 Å². The highest BCUT2D eigenvalue weighted by Gasteiger charge is 2.23. The highest BCUT2D eigenvalue weighted by Crippen LogP contribution is 2.21. The van der Waals surface area contributed by atoms with E-state index in [-0.39, 0.29) is 6.42 Å². The number of nitro benzene ring substituents is 1. The first kappa shape index (κ1) is 15.0. The van der Waals surface area contributed by atoms with Crippen molar-refractivity contribution in [3.8, 4) is 6.07 Å². The van der Waals surface area contributed by atoms with Gasteiger partial charge >= 0.3 is 5.69 Å².